The Morgan fingerprint density at radius 2 is 2.00 bits per heavy atom. The van der Waals surface area contributed by atoms with Gasteiger partial charge in [0.25, 0.3) is 11.8 Å². The normalized spacial score (nSPS) is 17.6. The van der Waals surface area contributed by atoms with Crippen LogP contribution in [0.25, 0.3) is 0 Å². The molecule has 2 aromatic rings. The molecule has 9 heteroatoms. The Balaban J connectivity index is 1.36. The molecule has 0 atom stereocenters. The van der Waals surface area contributed by atoms with Gasteiger partial charge >= 0.3 is 0 Å². The molecule has 158 valence electrons. The lowest BCUT2D eigenvalue weighted by Crippen LogP contribution is -2.47. The molecule has 2 amide bonds. The van der Waals surface area contributed by atoms with Crippen LogP contribution >= 0.6 is 11.6 Å². The van der Waals surface area contributed by atoms with Gasteiger partial charge in [0.2, 0.25) is 0 Å². The summed E-state index contributed by atoms with van der Waals surface area (Å²) in [6.45, 7) is 0.143. The van der Waals surface area contributed by atoms with Gasteiger partial charge in [0.1, 0.15) is 29.6 Å². The van der Waals surface area contributed by atoms with E-state index in [0.29, 0.717) is 17.0 Å². The van der Waals surface area contributed by atoms with Crippen LogP contribution in [-0.4, -0.2) is 48.7 Å². The number of nitrogens with one attached hydrogen (secondary N) is 1. The van der Waals surface area contributed by atoms with E-state index in [1.54, 1.807) is 23.1 Å². The Hall–Kier alpha value is -2.87. The molecule has 2 aliphatic heterocycles. The van der Waals surface area contributed by atoms with Crippen LogP contribution in [0.5, 0.6) is 11.5 Å². The molecule has 2 aromatic carbocycles. The number of fused-ring (bicyclic) bond motifs is 1. The first kappa shape index (κ1) is 20.4. The Kier molecular flexibility index (Phi) is 5.51. The minimum atomic E-state index is -1.62. The lowest BCUT2D eigenvalue weighted by molar-refractivity contribution is -0.118. The van der Waals surface area contributed by atoms with Crippen LogP contribution in [0.4, 0.5) is 14.5 Å². The minimum Gasteiger partial charge on any atom is -0.489 e. The average Bonchev–Trinajstić information content (AvgIpc) is 2.72. The number of benzene rings is 2. The summed E-state index contributed by atoms with van der Waals surface area (Å²) in [6, 6.07) is 8.47. The second-order valence-corrected chi connectivity index (χ2v) is 7.76. The lowest BCUT2D eigenvalue weighted by atomic mass is 9.93. The number of rotatable bonds is 4. The van der Waals surface area contributed by atoms with Gasteiger partial charge in [-0.05, 0) is 36.4 Å². The number of halogens is 3. The first-order valence-electron chi connectivity index (χ1n) is 9.46. The van der Waals surface area contributed by atoms with Crippen molar-refractivity contribution in [1.29, 1.82) is 0 Å². The molecular weight excluding hydrogens is 418 g/mol. The van der Waals surface area contributed by atoms with E-state index in [-0.39, 0.29) is 61.7 Å². The number of hydrogen-bond acceptors (Lipinski definition) is 4. The molecule has 0 unspecified atom stereocenters. The van der Waals surface area contributed by atoms with Gasteiger partial charge in [-0.15, -0.1) is 0 Å². The lowest BCUT2D eigenvalue weighted by Gasteiger charge is -2.36. The highest BCUT2D eigenvalue weighted by molar-refractivity contribution is 6.32. The SMILES string of the molecule is O=C1COc2ccc(C(=O)N3CCC(F)(COc4ccc(F)cc4Cl)CC3)cc2N1. The van der Waals surface area contributed by atoms with Gasteiger partial charge in [0, 0.05) is 31.5 Å². The molecule has 4 rings (SSSR count). The van der Waals surface area contributed by atoms with Gasteiger partial charge in [-0.1, -0.05) is 11.6 Å². The molecule has 2 aliphatic rings. The molecule has 0 radical (unpaired) electrons. The largest absolute Gasteiger partial charge is 0.489 e. The molecule has 1 fully saturated rings. The average molecular weight is 437 g/mol. The Bertz CT molecular complexity index is 993. The van der Waals surface area contributed by atoms with E-state index in [4.69, 9.17) is 21.1 Å². The van der Waals surface area contributed by atoms with Crippen molar-refractivity contribution in [1.82, 2.24) is 4.90 Å². The van der Waals surface area contributed by atoms with E-state index in [0.717, 1.165) is 6.07 Å². The molecule has 1 saturated heterocycles. The molecule has 0 aromatic heterocycles. The van der Waals surface area contributed by atoms with Crippen LogP contribution in [0.2, 0.25) is 5.02 Å². The molecule has 1 N–H and O–H groups in total. The maximum absolute atomic E-state index is 15.1. The maximum atomic E-state index is 15.1. The van der Waals surface area contributed by atoms with E-state index < -0.39 is 11.5 Å². The summed E-state index contributed by atoms with van der Waals surface area (Å²) in [7, 11) is 0. The van der Waals surface area contributed by atoms with Crippen molar-refractivity contribution in [2.75, 3.05) is 31.6 Å². The molecule has 2 heterocycles. The molecule has 30 heavy (non-hydrogen) atoms. The highest BCUT2D eigenvalue weighted by Gasteiger charge is 2.37. The zero-order valence-electron chi connectivity index (χ0n) is 15.9. The third-order valence-corrected chi connectivity index (χ3v) is 5.48. The van der Waals surface area contributed by atoms with Crippen molar-refractivity contribution >= 4 is 29.1 Å². The number of amides is 2. The summed E-state index contributed by atoms with van der Waals surface area (Å²) >= 11 is 5.91. The predicted octanol–water partition coefficient (Wildman–Crippen LogP) is 3.83. The van der Waals surface area contributed by atoms with Crippen LogP contribution in [0.1, 0.15) is 23.2 Å². The van der Waals surface area contributed by atoms with E-state index in [1.165, 1.54) is 12.1 Å². The molecular formula is C21H19ClF2N2O4. The summed E-state index contributed by atoms with van der Waals surface area (Å²) in [5, 5.41) is 2.74. The third-order valence-electron chi connectivity index (χ3n) is 5.19. The zero-order valence-corrected chi connectivity index (χ0v) is 16.7. The standard InChI is InChI=1S/C21H19ClF2N2O4/c22-15-10-14(23)2-4-17(15)30-12-21(24)5-7-26(8-6-21)20(28)13-1-3-18-16(9-13)25-19(27)11-29-18/h1-4,9-10H,5-8,11-12H2,(H,25,27). The van der Waals surface area contributed by atoms with E-state index in [2.05, 4.69) is 5.32 Å². The summed E-state index contributed by atoms with van der Waals surface area (Å²) < 4.78 is 39.0. The second kappa shape index (κ2) is 8.10. The summed E-state index contributed by atoms with van der Waals surface area (Å²) in [6.07, 6.45) is 0.199. The maximum Gasteiger partial charge on any atom is 0.262 e. The quantitative estimate of drug-likeness (QED) is 0.791. The highest BCUT2D eigenvalue weighted by atomic mass is 35.5. The van der Waals surface area contributed by atoms with Crippen LogP contribution in [0.3, 0.4) is 0 Å². The van der Waals surface area contributed by atoms with Crippen LogP contribution < -0.4 is 14.8 Å². The van der Waals surface area contributed by atoms with E-state index in [1.807, 2.05) is 0 Å². The Morgan fingerprint density at radius 1 is 1.23 bits per heavy atom. The van der Waals surface area contributed by atoms with Gasteiger partial charge in [0.05, 0.1) is 10.7 Å². The fourth-order valence-electron chi connectivity index (χ4n) is 3.45. The van der Waals surface area contributed by atoms with Crippen molar-refractivity contribution in [3.05, 3.63) is 52.8 Å². The van der Waals surface area contributed by atoms with Crippen LogP contribution in [0.15, 0.2) is 36.4 Å². The van der Waals surface area contributed by atoms with Crippen molar-refractivity contribution in [2.45, 2.75) is 18.5 Å². The number of nitrogens with zero attached hydrogens (tertiary/aromatic N) is 1. The number of ether oxygens (including phenoxy) is 2. The fraction of sp³-hybridized carbons (Fsp3) is 0.333. The molecule has 6 nitrogen and oxygen atoms in total. The second-order valence-electron chi connectivity index (χ2n) is 7.35. The molecule has 0 spiro atoms. The number of carbonyl (C=O) groups is 2. The molecule has 0 aliphatic carbocycles. The van der Waals surface area contributed by atoms with Crippen molar-refractivity contribution in [3.63, 3.8) is 0 Å². The highest BCUT2D eigenvalue weighted by Crippen LogP contribution is 2.32. The van der Waals surface area contributed by atoms with Gasteiger partial charge in [-0.2, -0.15) is 0 Å². The van der Waals surface area contributed by atoms with E-state index in [9.17, 15) is 14.0 Å². The first-order chi connectivity index (χ1) is 14.3. The van der Waals surface area contributed by atoms with Crippen molar-refractivity contribution in [2.24, 2.45) is 0 Å². The summed E-state index contributed by atoms with van der Waals surface area (Å²) in [5.74, 6) is -0.311. The third kappa shape index (κ3) is 4.33. The number of alkyl halides is 1. The van der Waals surface area contributed by atoms with Crippen LogP contribution in [-0.2, 0) is 4.79 Å². The zero-order chi connectivity index (χ0) is 21.3. The fourth-order valence-corrected chi connectivity index (χ4v) is 3.67. The number of carbonyl (C=O) groups excluding carboxylic acids is 2. The predicted molar refractivity (Wildman–Crippen MR) is 106 cm³/mol. The monoisotopic (exact) mass is 436 g/mol. The number of hydrogen-bond donors (Lipinski definition) is 1. The van der Waals surface area contributed by atoms with Crippen molar-refractivity contribution < 1.29 is 27.8 Å². The Labute approximate surface area is 176 Å². The smallest absolute Gasteiger partial charge is 0.262 e. The van der Waals surface area contributed by atoms with E-state index >= 15 is 4.39 Å². The summed E-state index contributed by atoms with van der Waals surface area (Å²) in [5.41, 5.74) is -0.787. The van der Waals surface area contributed by atoms with Gasteiger partial charge in [-0.3, -0.25) is 9.59 Å². The summed E-state index contributed by atoms with van der Waals surface area (Å²) in [4.78, 5) is 25.8. The van der Waals surface area contributed by atoms with Gasteiger partial charge < -0.3 is 19.7 Å². The number of anilines is 1. The number of likely N-dealkylation sites (tertiary alicyclic amines) is 1. The topological polar surface area (TPSA) is 67.9 Å². The molecule has 0 bridgehead atoms. The van der Waals surface area contributed by atoms with Crippen LogP contribution in [0, 0.1) is 5.82 Å². The Morgan fingerprint density at radius 3 is 2.73 bits per heavy atom. The minimum absolute atomic E-state index is 0.0593. The van der Waals surface area contributed by atoms with Gasteiger partial charge in [-0.25, -0.2) is 8.78 Å². The van der Waals surface area contributed by atoms with Crippen molar-refractivity contribution in [3.8, 4) is 11.5 Å². The van der Waals surface area contributed by atoms with Gasteiger partial charge in [0.15, 0.2) is 6.61 Å². The first-order valence-corrected chi connectivity index (χ1v) is 9.84. The molecule has 0 saturated carbocycles. The number of piperidine rings is 1.